The van der Waals surface area contributed by atoms with E-state index in [1.165, 1.54) is 12.8 Å². The van der Waals surface area contributed by atoms with Gasteiger partial charge in [0.25, 0.3) is 0 Å². The van der Waals surface area contributed by atoms with Gasteiger partial charge in [-0.2, -0.15) is 0 Å². The molecule has 0 saturated carbocycles. The zero-order valence-corrected chi connectivity index (χ0v) is 17.1. The summed E-state index contributed by atoms with van der Waals surface area (Å²) >= 11 is 0. The van der Waals surface area contributed by atoms with E-state index >= 15 is 0 Å². The largest absolute Gasteiger partial charge is 0.388 e. The highest BCUT2D eigenvalue weighted by atomic mass is 28.3. The lowest BCUT2D eigenvalue weighted by molar-refractivity contribution is 0.189. The number of allylic oxidation sites excluding steroid dienone is 1. The molecular weight excluding hydrogens is 284 g/mol. The van der Waals surface area contributed by atoms with Crippen LogP contribution in [0.3, 0.4) is 0 Å². The van der Waals surface area contributed by atoms with E-state index in [4.69, 9.17) is 0 Å². The lowest BCUT2D eigenvalue weighted by Gasteiger charge is -2.38. The maximum Gasteiger partial charge on any atom is 0.145 e. The molecule has 1 nitrogen and oxygen atoms in total. The van der Waals surface area contributed by atoms with Crippen molar-refractivity contribution in [3.05, 3.63) is 12.2 Å². The van der Waals surface area contributed by atoms with Crippen LogP contribution in [0.25, 0.3) is 0 Å². The van der Waals surface area contributed by atoms with E-state index in [-0.39, 0.29) is 5.92 Å². The first-order valence-corrected chi connectivity index (χ1v) is 11.3. The molecule has 0 aromatic carbocycles. The highest BCUT2D eigenvalue weighted by Crippen LogP contribution is 2.40. The van der Waals surface area contributed by atoms with Crippen LogP contribution in [0.2, 0.25) is 16.6 Å². The summed E-state index contributed by atoms with van der Waals surface area (Å²) < 4.78 is 0. The van der Waals surface area contributed by atoms with Gasteiger partial charge in [0.1, 0.15) is 8.07 Å². The van der Waals surface area contributed by atoms with Gasteiger partial charge in [0, 0.05) is 5.92 Å². The molecule has 0 aliphatic rings. The number of unbranched alkanes of at least 4 members (excludes halogenated alkanes) is 2. The van der Waals surface area contributed by atoms with Crippen molar-refractivity contribution in [2.45, 2.75) is 97.4 Å². The average Bonchev–Trinajstić information content (AvgIpc) is 2.42. The molecule has 22 heavy (non-hydrogen) atoms. The van der Waals surface area contributed by atoms with Gasteiger partial charge in [-0.25, -0.2) is 0 Å². The van der Waals surface area contributed by atoms with Crippen LogP contribution < -0.4 is 0 Å². The summed E-state index contributed by atoms with van der Waals surface area (Å²) in [6.45, 7) is 18.2. The number of aliphatic hydroxyl groups excluding tert-OH is 1. The van der Waals surface area contributed by atoms with E-state index in [1.807, 2.05) is 13.0 Å². The maximum absolute atomic E-state index is 10.3. The molecule has 0 aliphatic carbocycles. The molecule has 0 aromatic heterocycles. The molecule has 0 amide bonds. The Labute approximate surface area is 140 Å². The first-order valence-electron chi connectivity index (χ1n) is 9.07. The fourth-order valence-electron chi connectivity index (χ4n) is 3.48. The minimum Gasteiger partial charge on any atom is -0.388 e. The van der Waals surface area contributed by atoms with Gasteiger partial charge in [-0.3, -0.25) is 0 Å². The van der Waals surface area contributed by atoms with Crippen molar-refractivity contribution >= 4 is 8.07 Å². The van der Waals surface area contributed by atoms with Crippen molar-refractivity contribution < 1.29 is 5.11 Å². The van der Waals surface area contributed by atoms with Gasteiger partial charge in [0.2, 0.25) is 0 Å². The molecule has 1 N–H and O–H groups in total. The predicted octanol–water partition coefficient (Wildman–Crippen LogP) is 5.95. The fourth-order valence-corrected chi connectivity index (χ4v) is 8.83. The molecule has 2 atom stereocenters. The third-order valence-corrected chi connectivity index (χ3v) is 11.3. The lowest BCUT2D eigenvalue weighted by Crippen LogP contribution is -2.43. The van der Waals surface area contributed by atoms with Crippen LogP contribution in [-0.2, 0) is 0 Å². The van der Waals surface area contributed by atoms with Crippen molar-refractivity contribution in [1.29, 1.82) is 0 Å². The molecule has 128 valence electrons. The van der Waals surface area contributed by atoms with Crippen molar-refractivity contribution in [3.63, 3.8) is 0 Å². The zero-order chi connectivity index (χ0) is 17.3. The smallest absolute Gasteiger partial charge is 0.145 e. The third kappa shape index (κ3) is 5.93. The zero-order valence-electron chi connectivity index (χ0n) is 16.1. The number of hydrogen-bond acceptors (Lipinski definition) is 1. The van der Waals surface area contributed by atoms with Gasteiger partial charge in [-0.05, 0) is 30.0 Å². The van der Waals surface area contributed by atoms with Gasteiger partial charge in [-0.15, -0.1) is 11.5 Å². The molecule has 0 spiro atoms. The van der Waals surface area contributed by atoms with Crippen LogP contribution in [0.4, 0.5) is 0 Å². The molecule has 0 fully saturated rings. The monoisotopic (exact) mass is 322 g/mol. The first kappa shape index (κ1) is 21.5. The Kier molecular flexibility index (Phi) is 10.0. The third-order valence-electron chi connectivity index (χ3n) is 4.95. The van der Waals surface area contributed by atoms with E-state index in [1.54, 1.807) is 0 Å². The van der Waals surface area contributed by atoms with Crippen LogP contribution in [0, 0.1) is 17.4 Å². The van der Waals surface area contributed by atoms with Gasteiger partial charge in [0.15, 0.2) is 0 Å². The fraction of sp³-hybridized carbons (Fsp3) is 0.800. The molecule has 0 unspecified atom stereocenters. The van der Waals surface area contributed by atoms with Gasteiger partial charge in [-0.1, -0.05) is 73.5 Å². The second-order valence-electron chi connectivity index (χ2n) is 7.52. The minimum atomic E-state index is -1.68. The van der Waals surface area contributed by atoms with Crippen LogP contribution in [0.5, 0.6) is 0 Å². The SMILES string of the molecule is CCCC/C=C/[C@H](O)[C@H](C)C#C[Si](C(C)C)(C(C)C)C(C)C. The number of aliphatic hydroxyl groups is 1. The summed E-state index contributed by atoms with van der Waals surface area (Å²) in [5.74, 6) is 3.43. The van der Waals surface area contributed by atoms with Gasteiger partial charge in [0.05, 0.1) is 6.10 Å². The molecule has 0 radical (unpaired) electrons. The maximum atomic E-state index is 10.3. The summed E-state index contributed by atoms with van der Waals surface area (Å²) in [5, 5.41) is 10.3. The summed E-state index contributed by atoms with van der Waals surface area (Å²) in [7, 11) is -1.68. The number of rotatable bonds is 8. The summed E-state index contributed by atoms with van der Waals surface area (Å²) in [6.07, 6.45) is 7.02. The topological polar surface area (TPSA) is 20.2 Å². The predicted molar refractivity (Wildman–Crippen MR) is 103 cm³/mol. The average molecular weight is 323 g/mol. The van der Waals surface area contributed by atoms with E-state index in [0.717, 1.165) is 6.42 Å². The summed E-state index contributed by atoms with van der Waals surface area (Å²) in [6, 6.07) is 0. The first-order chi connectivity index (χ1) is 10.2. The molecular formula is C20H38OSi. The Morgan fingerprint density at radius 1 is 0.955 bits per heavy atom. The lowest BCUT2D eigenvalue weighted by atomic mass is 10.1. The van der Waals surface area contributed by atoms with E-state index in [2.05, 4.69) is 66.0 Å². The molecule has 0 bridgehead atoms. The van der Waals surface area contributed by atoms with Crippen molar-refractivity contribution in [1.82, 2.24) is 0 Å². The molecule has 0 aliphatic heterocycles. The number of hydrogen-bond donors (Lipinski definition) is 1. The molecule has 0 saturated heterocycles. The van der Waals surface area contributed by atoms with Gasteiger partial charge < -0.3 is 5.11 Å². The molecule has 2 heteroatoms. The Morgan fingerprint density at radius 3 is 1.86 bits per heavy atom. The Balaban J connectivity index is 5.09. The molecule has 0 aromatic rings. The second kappa shape index (κ2) is 10.3. The van der Waals surface area contributed by atoms with Crippen LogP contribution in [0.15, 0.2) is 12.2 Å². The van der Waals surface area contributed by atoms with E-state index < -0.39 is 14.2 Å². The highest BCUT2D eigenvalue weighted by molar-refractivity contribution is 6.90. The van der Waals surface area contributed by atoms with Crippen molar-refractivity contribution in [2.24, 2.45) is 5.92 Å². The van der Waals surface area contributed by atoms with E-state index in [9.17, 15) is 5.11 Å². The second-order valence-corrected chi connectivity index (χ2v) is 13.1. The highest BCUT2D eigenvalue weighted by Gasteiger charge is 2.41. The molecule has 0 heterocycles. The van der Waals surface area contributed by atoms with Crippen molar-refractivity contribution in [2.75, 3.05) is 0 Å². The standard InChI is InChI=1S/C20H38OSi/c1-9-10-11-12-13-20(21)19(8)14-15-22(16(2)3,17(4)5)18(6)7/h12-13,16-21H,9-11H2,1-8H3/b13-12+/t19-,20+/m1/s1. The van der Waals surface area contributed by atoms with Crippen molar-refractivity contribution in [3.8, 4) is 11.5 Å². The Hall–Kier alpha value is -0.523. The van der Waals surface area contributed by atoms with Gasteiger partial charge >= 0.3 is 0 Å². The summed E-state index contributed by atoms with van der Waals surface area (Å²) in [5.41, 5.74) is 5.64. The minimum absolute atomic E-state index is 0.0148. The summed E-state index contributed by atoms with van der Waals surface area (Å²) in [4.78, 5) is 0. The van der Waals surface area contributed by atoms with Crippen LogP contribution in [0.1, 0.15) is 74.7 Å². The van der Waals surface area contributed by atoms with Crippen LogP contribution in [-0.4, -0.2) is 19.3 Å². The van der Waals surface area contributed by atoms with E-state index in [0.29, 0.717) is 16.6 Å². The normalized spacial score (nSPS) is 15.5. The Morgan fingerprint density at radius 2 is 1.45 bits per heavy atom. The van der Waals surface area contributed by atoms with Crippen LogP contribution >= 0.6 is 0 Å². The quantitative estimate of drug-likeness (QED) is 0.253. The molecule has 0 rings (SSSR count). The Bertz CT molecular complexity index is 362.